The van der Waals surface area contributed by atoms with Crippen LogP contribution in [0.25, 0.3) is 0 Å². The third-order valence-corrected chi connectivity index (χ3v) is 17.3. The number of hydrogen-bond donors (Lipinski definition) is 0. The molecule has 0 heterocycles. The number of ether oxygens (including phenoxy) is 4. The molecule has 9 heteroatoms. The predicted octanol–water partition coefficient (Wildman–Crippen LogP) is 15.0. The molecule has 0 aromatic carbocycles. The minimum atomic E-state index is -0.852. The first-order valence-electron chi connectivity index (χ1n) is 30.1. The zero-order valence-electron chi connectivity index (χ0n) is 45.7. The van der Waals surface area contributed by atoms with Gasteiger partial charge in [-0.25, -0.2) is 0 Å². The zero-order chi connectivity index (χ0) is 49.9. The van der Waals surface area contributed by atoms with Gasteiger partial charge in [0.1, 0.15) is 19.3 Å². The lowest BCUT2D eigenvalue weighted by atomic mass is 9.88. The number of allylic oxidation sites excluding steroid dienone is 2. The van der Waals surface area contributed by atoms with E-state index in [0.717, 1.165) is 125 Å². The Bertz CT molecular complexity index is 1510. The number of carbonyl (C=O) groups excluding carboxylic acids is 4. The SMILES string of the molecule is CC/C=C\CC1C(CC(=O)OCC(COC(=O)CCCCCCCC2CC2CC2CC2CCCCC)OC(=O)CCCCCCCC2CC2CC2CC2CCCCC)CCC1OC(=O)CCCN(C)C. The van der Waals surface area contributed by atoms with Crippen molar-refractivity contribution in [1.82, 2.24) is 4.90 Å². The molecule has 0 aromatic rings. The van der Waals surface area contributed by atoms with Gasteiger partial charge in [-0.1, -0.05) is 148 Å². The third kappa shape index (κ3) is 24.5. The topological polar surface area (TPSA) is 108 Å². The summed E-state index contributed by atoms with van der Waals surface area (Å²) >= 11 is 0. The second-order valence-electron chi connectivity index (χ2n) is 23.8. The molecular weight excluding hydrogens is 875 g/mol. The van der Waals surface area contributed by atoms with E-state index in [-0.39, 0.29) is 61.5 Å². The molecule has 0 spiro atoms. The summed E-state index contributed by atoms with van der Waals surface area (Å²) in [6.07, 6.45) is 41.9. The van der Waals surface area contributed by atoms with Gasteiger partial charge in [0.05, 0.1) is 0 Å². The standard InChI is InChI=1S/C61H105NO8/c1-6-9-18-26-46-37-51(46)41-53-39-48(53)28-21-14-12-16-23-31-58(63)67-44-55(69-59(64)32-24-17-13-15-22-29-49-40-54(49)42-52-38-47(52)27-19-10-7-2)45-68-61(66)43-50-34-35-57(56(50)30-20-11-8-3)70-60(65)33-25-36-62(4)5/h11,20,46-57H,6-10,12-19,21-45H2,1-5H3/b20-11-. The minimum Gasteiger partial charge on any atom is -0.462 e. The van der Waals surface area contributed by atoms with Crippen LogP contribution in [0.3, 0.4) is 0 Å². The van der Waals surface area contributed by atoms with Crippen molar-refractivity contribution in [2.45, 2.75) is 258 Å². The first-order valence-corrected chi connectivity index (χ1v) is 30.1. The Morgan fingerprint density at radius 2 is 0.971 bits per heavy atom. The van der Waals surface area contributed by atoms with Crippen LogP contribution in [0.15, 0.2) is 12.2 Å². The highest BCUT2D eigenvalue weighted by molar-refractivity contribution is 5.71. The Morgan fingerprint density at radius 1 is 0.500 bits per heavy atom. The molecule has 0 saturated heterocycles. The van der Waals surface area contributed by atoms with Gasteiger partial charge in [-0.15, -0.1) is 0 Å². The highest BCUT2D eigenvalue weighted by Crippen LogP contribution is 2.56. The lowest BCUT2D eigenvalue weighted by Crippen LogP contribution is -2.31. The van der Waals surface area contributed by atoms with Crippen molar-refractivity contribution < 1.29 is 38.1 Å². The molecule has 0 bridgehead atoms. The number of rotatable bonds is 43. The molecule has 0 aromatic heterocycles. The molecule has 9 nitrogen and oxygen atoms in total. The average molecular weight is 981 g/mol. The van der Waals surface area contributed by atoms with Crippen molar-refractivity contribution in [2.75, 3.05) is 33.9 Å². The van der Waals surface area contributed by atoms with Crippen molar-refractivity contribution >= 4 is 23.9 Å². The van der Waals surface area contributed by atoms with Crippen LogP contribution in [0, 0.1) is 59.2 Å². The number of esters is 4. The highest BCUT2D eigenvalue weighted by atomic mass is 16.6. The van der Waals surface area contributed by atoms with Crippen molar-refractivity contribution in [3.05, 3.63) is 12.2 Å². The monoisotopic (exact) mass is 980 g/mol. The van der Waals surface area contributed by atoms with E-state index in [0.29, 0.717) is 19.3 Å². The van der Waals surface area contributed by atoms with Gasteiger partial charge < -0.3 is 23.8 Å². The van der Waals surface area contributed by atoms with Crippen LogP contribution in [0.1, 0.15) is 245 Å². The zero-order valence-corrected chi connectivity index (χ0v) is 45.7. The van der Waals surface area contributed by atoms with E-state index in [1.54, 1.807) is 0 Å². The van der Waals surface area contributed by atoms with E-state index in [1.807, 2.05) is 14.1 Å². The Morgan fingerprint density at radius 3 is 1.49 bits per heavy atom. The van der Waals surface area contributed by atoms with Gasteiger partial charge in [0.25, 0.3) is 0 Å². The summed E-state index contributed by atoms with van der Waals surface area (Å²) < 4.78 is 23.3. The smallest absolute Gasteiger partial charge is 0.306 e. The first kappa shape index (κ1) is 58.5. The van der Waals surface area contributed by atoms with Crippen molar-refractivity contribution in [3.8, 4) is 0 Å². The molecule has 12 unspecified atom stereocenters. The Balaban J connectivity index is 0.968. The summed E-state index contributed by atoms with van der Waals surface area (Å²) in [4.78, 5) is 54.3. The molecule has 5 saturated carbocycles. The van der Waals surface area contributed by atoms with Crippen molar-refractivity contribution in [1.29, 1.82) is 0 Å². The molecular formula is C61H105NO8. The van der Waals surface area contributed by atoms with Crippen LogP contribution in [0.5, 0.6) is 0 Å². The molecule has 5 aliphatic carbocycles. The molecule has 0 aliphatic heterocycles. The molecule has 0 amide bonds. The highest BCUT2D eigenvalue weighted by Gasteiger charge is 2.46. The van der Waals surface area contributed by atoms with Crippen molar-refractivity contribution in [3.63, 3.8) is 0 Å². The molecule has 5 fully saturated rings. The summed E-state index contributed by atoms with van der Waals surface area (Å²) in [6, 6.07) is 0. The van der Waals surface area contributed by atoms with Crippen LogP contribution < -0.4 is 0 Å². The average Bonchev–Trinajstić information content (AvgIpc) is 4.22. The number of carbonyl (C=O) groups is 4. The van der Waals surface area contributed by atoms with Gasteiger partial charge in [-0.2, -0.15) is 0 Å². The van der Waals surface area contributed by atoms with E-state index in [4.69, 9.17) is 18.9 Å². The van der Waals surface area contributed by atoms with E-state index in [2.05, 4.69) is 37.8 Å². The molecule has 0 radical (unpaired) electrons. The van der Waals surface area contributed by atoms with Crippen LogP contribution in [-0.2, 0) is 38.1 Å². The quantitative estimate of drug-likeness (QED) is 0.0255. The Labute approximate surface area is 428 Å². The van der Waals surface area contributed by atoms with Crippen LogP contribution in [0.4, 0.5) is 0 Å². The maximum Gasteiger partial charge on any atom is 0.306 e. The lowest BCUT2D eigenvalue weighted by Gasteiger charge is -2.24. The summed E-state index contributed by atoms with van der Waals surface area (Å²) in [5.74, 6) is 6.92. The molecule has 5 aliphatic rings. The maximum atomic E-state index is 13.4. The van der Waals surface area contributed by atoms with E-state index >= 15 is 0 Å². The molecule has 402 valence electrons. The largest absolute Gasteiger partial charge is 0.462 e. The van der Waals surface area contributed by atoms with Gasteiger partial charge >= 0.3 is 23.9 Å². The summed E-state index contributed by atoms with van der Waals surface area (Å²) in [7, 11) is 3.99. The molecule has 5 rings (SSSR count). The molecule has 70 heavy (non-hydrogen) atoms. The van der Waals surface area contributed by atoms with E-state index < -0.39 is 6.10 Å². The molecule has 12 atom stereocenters. The Hall–Kier alpha value is -2.42. The predicted molar refractivity (Wildman–Crippen MR) is 283 cm³/mol. The van der Waals surface area contributed by atoms with Crippen LogP contribution in [-0.4, -0.2) is 74.8 Å². The van der Waals surface area contributed by atoms with Crippen LogP contribution in [0.2, 0.25) is 0 Å². The first-order chi connectivity index (χ1) is 34.1. The normalized spacial score (nSPS) is 27.9. The van der Waals surface area contributed by atoms with Gasteiger partial charge in [0.15, 0.2) is 6.10 Å². The summed E-state index contributed by atoms with van der Waals surface area (Å²) in [6.45, 7) is 7.24. The van der Waals surface area contributed by atoms with E-state index in [9.17, 15) is 19.2 Å². The fraction of sp³-hybridized carbons (Fsp3) is 0.902. The lowest BCUT2D eigenvalue weighted by molar-refractivity contribution is -0.167. The van der Waals surface area contributed by atoms with Gasteiger partial charge in [0, 0.05) is 31.6 Å². The number of hydrogen-bond acceptors (Lipinski definition) is 9. The van der Waals surface area contributed by atoms with Gasteiger partial charge in [-0.3, -0.25) is 19.2 Å². The van der Waals surface area contributed by atoms with Crippen LogP contribution >= 0.6 is 0 Å². The van der Waals surface area contributed by atoms with E-state index in [1.165, 1.54) is 128 Å². The van der Waals surface area contributed by atoms with Gasteiger partial charge in [0.2, 0.25) is 0 Å². The third-order valence-electron chi connectivity index (χ3n) is 17.3. The fourth-order valence-electron chi connectivity index (χ4n) is 12.4. The summed E-state index contributed by atoms with van der Waals surface area (Å²) in [5, 5.41) is 0. The second kappa shape index (κ2) is 33.4. The number of unbranched alkanes of at least 4 members (excludes halogenated alkanes) is 12. The van der Waals surface area contributed by atoms with Crippen molar-refractivity contribution in [2.24, 2.45) is 59.2 Å². The minimum absolute atomic E-state index is 0.0136. The fourth-order valence-corrected chi connectivity index (χ4v) is 12.4. The molecule has 0 N–H and O–H groups in total. The summed E-state index contributed by atoms with van der Waals surface area (Å²) in [5.41, 5.74) is 0. The maximum absolute atomic E-state index is 13.4. The second-order valence-corrected chi connectivity index (χ2v) is 23.8. The van der Waals surface area contributed by atoms with Gasteiger partial charge in [-0.05, 0) is 157 Å². The number of nitrogens with zero attached hydrogens (tertiary/aromatic N) is 1. The Kier molecular flexibility index (Phi) is 27.9.